The molecule has 4 atom stereocenters. The zero-order valence-corrected chi connectivity index (χ0v) is 19.3. The van der Waals surface area contributed by atoms with E-state index in [-0.39, 0.29) is 6.79 Å². The zero-order valence-electron chi connectivity index (χ0n) is 19.3. The molecule has 2 aromatic rings. The van der Waals surface area contributed by atoms with Gasteiger partial charge < -0.3 is 37.9 Å². The number of esters is 2. The van der Waals surface area contributed by atoms with Crippen molar-refractivity contribution in [3.05, 3.63) is 41.0 Å². The first-order valence-electron chi connectivity index (χ1n) is 10.5. The Morgan fingerprint density at radius 2 is 1.47 bits per heavy atom. The summed E-state index contributed by atoms with van der Waals surface area (Å²) < 4.78 is 44.5. The number of hydrogen-bond acceptors (Lipinski definition) is 10. The fourth-order valence-electron chi connectivity index (χ4n) is 5.31. The number of benzene rings is 2. The maximum atomic E-state index is 13.2. The number of ether oxygens (including phenoxy) is 8. The summed E-state index contributed by atoms with van der Waals surface area (Å²) in [6, 6.07) is 6.97. The molecular weight excluding hydrogens is 448 g/mol. The summed E-state index contributed by atoms with van der Waals surface area (Å²) in [5.74, 6) is -1.05. The monoisotopic (exact) mass is 472 g/mol. The topological polar surface area (TPSA) is 108 Å². The Kier molecular flexibility index (Phi) is 5.20. The largest absolute Gasteiger partial charge is 0.493 e. The minimum atomic E-state index is -1.42. The lowest BCUT2D eigenvalue weighted by Gasteiger charge is -2.36. The van der Waals surface area contributed by atoms with Gasteiger partial charge in [-0.3, -0.25) is 9.59 Å². The summed E-state index contributed by atoms with van der Waals surface area (Å²) in [5.41, 5.74) is 0.464. The van der Waals surface area contributed by atoms with Gasteiger partial charge in [-0.2, -0.15) is 0 Å². The third-order valence-electron chi connectivity index (χ3n) is 6.71. The van der Waals surface area contributed by atoms with Gasteiger partial charge in [0.25, 0.3) is 0 Å². The fraction of sp³-hybridized carbons (Fsp3) is 0.417. The molecule has 0 spiro atoms. The maximum Gasteiger partial charge on any atom is 0.313 e. The van der Waals surface area contributed by atoms with Crippen molar-refractivity contribution in [3.8, 4) is 28.7 Å². The van der Waals surface area contributed by atoms with Gasteiger partial charge in [0.05, 0.1) is 41.7 Å². The molecular formula is C24H24O10. The number of methoxy groups -OCH3 is 5. The second kappa shape index (κ2) is 7.98. The molecule has 1 saturated heterocycles. The van der Waals surface area contributed by atoms with Crippen molar-refractivity contribution in [1.29, 1.82) is 0 Å². The van der Waals surface area contributed by atoms with E-state index in [0.717, 1.165) is 0 Å². The molecule has 0 unspecified atom stereocenters. The Balaban J connectivity index is 1.83. The summed E-state index contributed by atoms with van der Waals surface area (Å²) >= 11 is 0. The first-order valence-corrected chi connectivity index (χ1v) is 10.5. The van der Waals surface area contributed by atoms with Crippen LogP contribution in [0, 0.1) is 11.8 Å². The second-order valence-electron chi connectivity index (χ2n) is 8.03. The minimum Gasteiger partial charge on any atom is -0.493 e. The van der Waals surface area contributed by atoms with Crippen molar-refractivity contribution in [2.75, 3.05) is 42.3 Å². The third-order valence-corrected chi connectivity index (χ3v) is 6.71. The van der Waals surface area contributed by atoms with Gasteiger partial charge in [0.2, 0.25) is 12.5 Å². The molecule has 5 rings (SSSR count). The van der Waals surface area contributed by atoms with Crippen molar-refractivity contribution in [2.45, 2.75) is 11.7 Å². The maximum absolute atomic E-state index is 13.2. The van der Waals surface area contributed by atoms with Crippen LogP contribution in [-0.4, -0.2) is 54.3 Å². The minimum absolute atomic E-state index is 0.0712. The molecule has 0 saturated carbocycles. The Morgan fingerprint density at radius 1 is 0.853 bits per heavy atom. The summed E-state index contributed by atoms with van der Waals surface area (Å²) in [7, 11) is 7.03. The van der Waals surface area contributed by atoms with Gasteiger partial charge in [0, 0.05) is 0 Å². The Hall–Kier alpha value is -3.66. The zero-order chi connectivity index (χ0) is 24.2. The van der Waals surface area contributed by atoms with Gasteiger partial charge in [-0.1, -0.05) is 0 Å². The van der Waals surface area contributed by atoms with E-state index in [2.05, 4.69) is 0 Å². The predicted octanol–water partition coefficient (Wildman–Crippen LogP) is 2.35. The highest BCUT2D eigenvalue weighted by Crippen LogP contribution is 2.66. The van der Waals surface area contributed by atoms with Crippen molar-refractivity contribution in [2.24, 2.45) is 11.8 Å². The molecule has 3 heterocycles. The predicted molar refractivity (Wildman–Crippen MR) is 114 cm³/mol. The van der Waals surface area contributed by atoms with Crippen molar-refractivity contribution in [1.82, 2.24) is 0 Å². The average molecular weight is 472 g/mol. The molecule has 180 valence electrons. The normalized spacial score (nSPS) is 25.5. The fourth-order valence-corrected chi connectivity index (χ4v) is 5.31. The van der Waals surface area contributed by atoms with Gasteiger partial charge in [-0.25, -0.2) is 0 Å². The molecule has 34 heavy (non-hydrogen) atoms. The summed E-state index contributed by atoms with van der Waals surface area (Å²) in [6.07, 6.45) is -0.778. The van der Waals surface area contributed by atoms with Crippen LogP contribution < -0.4 is 23.7 Å². The molecule has 0 radical (unpaired) electrons. The van der Waals surface area contributed by atoms with Crippen LogP contribution in [0.2, 0.25) is 0 Å². The van der Waals surface area contributed by atoms with Gasteiger partial charge in [0.15, 0.2) is 23.0 Å². The number of carbonyl (C=O) groups excluding carboxylic acids is 2. The quantitative estimate of drug-likeness (QED) is 0.582. The second-order valence-corrected chi connectivity index (χ2v) is 8.03. The third kappa shape index (κ3) is 2.78. The lowest BCUT2D eigenvalue weighted by molar-refractivity contribution is -0.158. The highest BCUT2D eigenvalue weighted by Gasteiger charge is 2.69. The highest BCUT2D eigenvalue weighted by atomic mass is 16.7. The van der Waals surface area contributed by atoms with E-state index in [0.29, 0.717) is 45.4 Å². The van der Waals surface area contributed by atoms with Crippen LogP contribution in [0.5, 0.6) is 28.7 Å². The molecule has 0 aliphatic carbocycles. The van der Waals surface area contributed by atoms with E-state index in [1.54, 1.807) is 24.3 Å². The number of carbonyl (C=O) groups is 2. The molecule has 1 fully saturated rings. The van der Waals surface area contributed by atoms with E-state index in [1.807, 2.05) is 0 Å². The number of rotatable bonds is 6. The number of fused-ring (bicyclic) bond motifs is 6. The standard InChI is InChI=1S/C24H24O10/c1-27-16-6-11(7-17(28-2)21(16)29-3)24-13-9-15-14(32-10-33-15)8-12(13)20(34-24)18(22(25)30-4)19(24)23(26)31-5/h6-9,18-20H,10H2,1-5H3/t18-,19+,20+,24-/m0/s1. The molecule has 10 nitrogen and oxygen atoms in total. The van der Waals surface area contributed by atoms with Crippen LogP contribution in [0.4, 0.5) is 0 Å². The summed E-state index contributed by atoms with van der Waals surface area (Å²) in [6.45, 7) is 0.0712. The molecule has 0 N–H and O–H groups in total. The van der Waals surface area contributed by atoms with Crippen LogP contribution in [-0.2, 0) is 29.4 Å². The number of hydrogen-bond donors (Lipinski definition) is 0. The highest BCUT2D eigenvalue weighted by molar-refractivity contribution is 5.87. The van der Waals surface area contributed by atoms with Crippen LogP contribution in [0.15, 0.2) is 24.3 Å². The van der Waals surface area contributed by atoms with Crippen LogP contribution in [0.3, 0.4) is 0 Å². The lowest BCUT2D eigenvalue weighted by Crippen LogP contribution is -2.45. The Bertz CT molecular complexity index is 1150. The van der Waals surface area contributed by atoms with Crippen molar-refractivity contribution < 1.29 is 47.5 Å². The van der Waals surface area contributed by atoms with Gasteiger partial charge in [0.1, 0.15) is 17.4 Å². The average Bonchev–Trinajstić information content (AvgIpc) is 3.56. The van der Waals surface area contributed by atoms with Gasteiger partial charge in [-0.05, 0) is 41.0 Å². The van der Waals surface area contributed by atoms with Gasteiger partial charge >= 0.3 is 11.9 Å². The van der Waals surface area contributed by atoms with E-state index < -0.39 is 35.5 Å². The molecule has 3 aliphatic rings. The van der Waals surface area contributed by atoms with E-state index in [9.17, 15) is 9.59 Å². The van der Waals surface area contributed by atoms with Crippen LogP contribution in [0.25, 0.3) is 0 Å². The molecule has 2 aromatic carbocycles. The van der Waals surface area contributed by atoms with E-state index in [1.165, 1.54) is 35.5 Å². The van der Waals surface area contributed by atoms with Crippen molar-refractivity contribution in [3.63, 3.8) is 0 Å². The SMILES string of the molecule is COC(=O)[C@@H]1[C@@H]2O[C@@](c3cc(OC)c(OC)c(OC)c3)(c3cc4c(cc32)OCO4)[C@H]1C(=O)OC. The first-order chi connectivity index (χ1) is 16.4. The van der Waals surface area contributed by atoms with Crippen molar-refractivity contribution >= 4 is 11.9 Å². The lowest BCUT2D eigenvalue weighted by atomic mass is 9.65. The molecule has 2 bridgehead atoms. The van der Waals surface area contributed by atoms with Crippen LogP contribution in [0.1, 0.15) is 22.8 Å². The smallest absolute Gasteiger partial charge is 0.313 e. The molecule has 0 amide bonds. The Labute approximate surface area is 195 Å². The molecule has 10 heteroatoms. The van der Waals surface area contributed by atoms with Gasteiger partial charge in [-0.15, -0.1) is 0 Å². The van der Waals surface area contributed by atoms with E-state index in [4.69, 9.17) is 37.9 Å². The van der Waals surface area contributed by atoms with E-state index >= 15 is 0 Å². The van der Waals surface area contributed by atoms with Crippen LogP contribution >= 0.6 is 0 Å². The first kappa shape index (κ1) is 22.1. The summed E-state index contributed by atoms with van der Waals surface area (Å²) in [5, 5.41) is 0. The molecule has 0 aromatic heterocycles. The molecule has 3 aliphatic heterocycles. The summed E-state index contributed by atoms with van der Waals surface area (Å²) in [4.78, 5) is 26.2. The Morgan fingerprint density at radius 3 is 2.03 bits per heavy atom.